The molecule has 17 heavy (non-hydrogen) atoms. The van der Waals surface area contributed by atoms with Gasteiger partial charge in [-0.05, 0) is 36.9 Å². The van der Waals surface area contributed by atoms with Crippen molar-refractivity contribution in [1.82, 2.24) is 4.90 Å². The molecule has 0 radical (unpaired) electrons. The highest BCUT2D eigenvalue weighted by Crippen LogP contribution is 2.33. The molecular weight excluding hydrogens is 234 g/mol. The van der Waals surface area contributed by atoms with Crippen LogP contribution in [-0.2, 0) is 9.47 Å². The van der Waals surface area contributed by atoms with E-state index in [0.717, 1.165) is 19.0 Å². The summed E-state index contributed by atoms with van der Waals surface area (Å²) in [6, 6.07) is 0. The molecule has 0 bridgehead atoms. The Balaban J connectivity index is 1.82. The Kier molecular flexibility index (Phi) is 5.15. The second kappa shape index (κ2) is 6.41. The van der Waals surface area contributed by atoms with Gasteiger partial charge in [0.15, 0.2) is 0 Å². The molecule has 0 amide bonds. The van der Waals surface area contributed by atoms with Crippen molar-refractivity contribution in [2.75, 3.05) is 45.7 Å². The van der Waals surface area contributed by atoms with E-state index in [1.165, 1.54) is 45.3 Å². The van der Waals surface area contributed by atoms with Crippen LogP contribution in [0.2, 0.25) is 0 Å². The number of methoxy groups -OCH3 is 1. The predicted octanol–water partition coefficient (Wildman–Crippen LogP) is 1.82. The molecule has 2 rings (SSSR count). The van der Waals surface area contributed by atoms with Gasteiger partial charge in [0.2, 0.25) is 0 Å². The van der Waals surface area contributed by atoms with Crippen molar-refractivity contribution in [3.63, 3.8) is 0 Å². The minimum atomic E-state index is 0.390. The van der Waals surface area contributed by atoms with Crippen LogP contribution in [0.1, 0.15) is 25.7 Å². The highest BCUT2D eigenvalue weighted by Gasteiger charge is 2.34. The van der Waals surface area contributed by atoms with E-state index in [1.54, 1.807) is 0 Å². The summed E-state index contributed by atoms with van der Waals surface area (Å²) in [6.45, 7) is 5.37. The topological polar surface area (TPSA) is 21.7 Å². The van der Waals surface area contributed by atoms with E-state index >= 15 is 0 Å². The fourth-order valence-corrected chi connectivity index (χ4v) is 3.36. The third-order valence-electron chi connectivity index (χ3n) is 4.32. The van der Waals surface area contributed by atoms with Crippen molar-refractivity contribution in [3.05, 3.63) is 0 Å². The maximum absolute atomic E-state index is 5.48. The zero-order chi connectivity index (χ0) is 12.1. The molecule has 0 spiro atoms. The summed E-state index contributed by atoms with van der Waals surface area (Å²) in [5.74, 6) is 0.987. The Morgan fingerprint density at radius 1 is 1.29 bits per heavy atom. The van der Waals surface area contributed by atoms with Gasteiger partial charge in [0.25, 0.3) is 0 Å². The number of likely N-dealkylation sites (tertiary alicyclic amines) is 1. The molecule has 2 aliphatic heterocycles. The third kappa shape index (κ3) is 3.60. The number of hydrogen-bond donors (Lipinski definition) is 1. The molecule has 3 nitrogen and oxygen atoms in total. The number of ether oxygens (including phenoxy) is 2. The minimum Gasteiger partial charge on any atom is -0.381 e. The SMILES string of the molecule is COC1CCN(CC2(CS)CCOCC2)CC1. The average molecular weight is 259 g/mol. The number of piperidine rings is 1. The summed E-state index contributed by atoms with van der Waals surface area (Å²) in [5, 5.41) is 0. The van der Waals surface area contributed by atoms with E-state index in [1.807, 2.05) is 7.11 Å². The lowest BCUT2D eigenvalue weighted by Crippen LogP contribution is -2.46. The Morgan fingerprint density at radius 2 is 1.94 bits per heavy atom. The van der Waals surface area contributed by atoms with E-state index in [0.29, 0.717) is 11.5 Å². The molecule has 0 aromatic carbocycles. The van der Waals surface area contributed by atoms with Crippen LogP contribution < -0.4 is 0 Å². The number of nitrogens with zero attached hydrogens (tertiary/aromatic N) is 1. The van der Waals surface area contributed by atoms with Crippen LogP contribution >= 0.6 is 12.6 Å². The first-order valence-electron chi connectivity index (χ1n) is 6.72. The molecule has 0 saturated carbocycles. The standard InChI is InChI=1S/C13H25NO2S/c1-15-12-2-6-14(7-3-12)10-13(11-17)4-8-16-9-5-13/h12,17H,2-11H2,1H3. The molecule has 2 aliphatic rings. The summed E-state index contributed by atoms with van der Waals surface area (Å²) in [7, 11) is 1.83. The van der Waals surface area contributed by atoms with Crippen molar-refractivity contribution in [2.45, 2.75) is 31.8 Å². The van der Waals surface area contributed by atoms with E-state index in [9.17, 15) is 0 Å². The maximum atomic E-state index is 5.48. The molecule has 4 heteroatoms. The number of hydrogen-bond acceptors (Lipinski definition) is 4. The normalized spacial score (nSPS) is 27.2. The fourth-order valence-electron chi connectivity index (χ4n) is 2.95. The summed E-state index contributed by atoms with van der Waals surface area (Å²) >= 11 is 4.58. The van der Waals surface area contributed by atoms with Crippen molar-refractivity contribution in [2.24, 2.45) is 5.41 Å². The summed E-state index contributed by atoms with van der Waals surface area (Å²) < 4.78 is 10.9. The second-order valence-corrected chi connectivity index (χ2v) is 5.80. The molecule has 2 heterocycles. The van der Waals surface area contributed by atoms with Gasteiger partial charge in [-0.25, -0.2) is 0 Å². The molecule has 2 saturated heterocycles. The Hall–Kier alpha value is 0.230. The quantitative estimate of drug-likeness (QED) is 0.779. The molecular formula is C13H25NO2S. The average Bonchev–Trinajstić information content (AvgIpc) is 2.41. The monoisotopic (exact) mass is 259 g/mol. The lowest BCUT2D eigenvalue weighted by atomic mass is 9.81. The largest absolute Gasteiger partial charge is 0.381 e. The summed E-state index contributed by atoms with van der Waals surface area (Å²) in [6.07, 6.45) is 5.17. The Bertz CT molecular complexity index is 223. The van der Waals surface area contributed by atoms with Crippen LogP contribution in [0.25, 0.3) is 0 Å². The van der Waals surface area contributed by atoms with Crippen LogP contribution in [0.4, 0.5) is 0 Å². The highest BCUT2D eigenvalue weighted by atomic mass is 32.1. The Labute approximate surface area is 110 Å². The third-order valence-corrected chi connectivity index (χ3v) is 4.99. The van der Waals surface area contributed by atoms with Gasteiger partial charge in [-0.1, -0.05) is 0 Å². The van der Waals surface area contributed by atoms with Crippen LogP contribution in [0.3, 0.4) is 0 Å². The molecule has 2 fully saturated rings. The number of thiol groups is 1. The van der Waals surface area contributed by atoms with Gasteiger partial charge < -0.3 is 14.4 Å². The van der Waals surface area contributed by atoms with Gasteiger partial charge >= 0.3 is 0 Å². The van der Waals surface area contributed by atoms with Gasteiger partial charge in [0.05, 0.1) is 6.10 Å². The van der Waals surface area contributed by atoms with Crippen molar-refractivity contribution in [3.8, 4) is 0 Å². The first kappa shape index (κ1) is 13.7. The van der Waals surface area contributed by atoms with Crippen LogP contribution in [0, 0.1) is 5.41 Å². The highest BCUT2D eigenvalue weighted by molar-refractivity contribution is 7.80. The lowest BCUT2D eigenvalue weighted by Gasteiger charge is -2.42. The van der Waals surface area contributed by atoms with Gasteiger partial charge in [-0.15, -0.1) is 0 Å². The molecule has 0 aromatic heterocycles. The van der Waals surface area contributed by atoms with E-state index in [4.69, 9.17) is 9.47 Å². The fraction of sp³-hybridized carbons (Fsp3) is 1.00. The zero-order valence-electron chi connectivity index (χ0n) is 10.9. The van der Waals surface area contributed by atoms with Crippen LogP contribution in [0.5, 0.6) is 0 Å². The minimum absolute atomic E-state index is 0.390. The van der Waals surface area contributed by atoms with E-state index < -0.39 is 0 Å². The van der Waals surface area contributed by atoms with Crippen molar-refractivity contribution < 1.29 is 9.47 Å². The van der Waals surface area contributed by atoms with Gasteiger partial charge in [-0.2, -0.15) is 12.6 Å². The molecule has 0 N–H and O–H groups in total. The lowest BCUT2D eigenvalue weighted by molar-refractivity contribution is -0.0112. The number of rotatable bonds is 4. The van der Waals surface area contributed by atoms with Crippen LogP contribution in [-0.4, -0.2) is 56.7 Å². The first-order chi connectivity index (χ1) is 8.28. The van der Waals surface area contributed by atoms with Gasteiger partial charge in [0.1, 0.15) is 0 Å². The van der Waals surface area contributed by atoms with E-state index in [2.05, 4.69) is 17.5 Å². The molecule has 100 valence electrons. The van der Waals surface area contributed by atoms with E-state index in [-0.39, 0.29) is 0 Å². The molecule has 0 aliphatic carbocycles. The smallest absolute Gasteiger partial charge is 0.0595 e. The molecule has 0 atom stereocenters. The molecule has 0 unspecified atom stereocenters. The zero-order valence-corrected chi connectivity index (χ0v) is 11.8. The Morgan fingerprint density at radius 3 is 2.47 bits per heavy atom. The van der Waals surface area contributed by atoms with Crippen LogP contribution in [0.15, 0.2) is 0 Å². The van der Waals surface area contributed by atoms with Crippen molar-refractivity contribution >= 4 is 12.6 Å². The second-order valence-electron chi connectivity index (χ2n) is 5.48. The van der Waals surface area contributed by atoms with Crippen molar-refractivity contribution in [1.29, 1.82) is 0 Å². The molecule has 0 aromatic rings. The summed E-state index contributed by atoms with van der Waals surface area (Å²) in [5.41, 5.74) is 0.390. The summed E-state index contributed by atoms with van der Waals surface area (Å²) in [4.78, 5) is 2.59. The van der Waals surface area contributed by atoms with Gasteiger partial charge in [0, 0.05) is 40.0 Å². The van der Waals surface area contributed by atoms with Gasteiger partial charge in [-0.3, -0.25) is 0 Å². The first-order valence-corrected chi connectivity index (χ1v) is 7.35. The maximum Gasteiger partial charge on any atom is 0.0595 e. The predicted molar refractivity (Wildman–Crippen MR) is 72.8 cm³/mol.